The Morgan fingerprint density at radius 1 is 1.13 bits per heavy atom. The van der Waals surface area contributed by atoms with E-state index < -0.39 is 0 Å². The molecule has 1 aliphatic heterocycles. The molecule has 6 nitrogen and oxygen atoms in total. The molecule has 0 bridgehead atoms. The first-order valence-electron chi connectivity index (χ1n) is 10.7. The molecule has 2 amide bonds. The Labute approximate surface area is 188 Å². The molecule has 0 saturated carbocycles. The molecule has 0 aliphatic carbocycles. The van der Waals surface area contributed by atoms with Gasteiger partial charge in [-0.1, -0.05) is 42.0 Å². The fourth-order valence-electron chi connectivity index (χ4n) is 3.84. The highest BCUT2D eigenvalue weighted by Crippen LogP contribution is 2.24. The molecular weight excluding hydrogens is 406 g/mol. The number of hydrogen-bond donors (Lipinski definition) is 1. The van der Waals surface area contributed by atoms with Crippen LogP contribution in [0.25, 0.3) is 0 Å². The number of aromatic nitrogens is 2. The summed E-state index contributed by atoms with van der Waals surface area (Å²) in [5.41, 5.74) is 5.63. The molecule has 162 valence electrons. The van der Waals surface area contributed by atoms with E-state index in [1.54, 1.807) is 0 Å². The minimum atomic E-state index is -0.0434. The second-order valence-corrected chi connectivity index (χ2v) is 9.05. The Morgan fingerprint density at radius 2 is 1.90 bits per heavy atom. The molecule has 0 spiro atoms. The molecule has 1 aromatic heterocycles. The molecule has 1 fully saturated rings. The number of nitrogens with one attached hydrogen (secondary N) is 1. The quantitative estimate of drug-likeness (QED) is 0.640. The van der Waals surface area contributed by atoms with E-state index in [0.29, 0.717) is 6.54 Å². The predicted molar refractivity (Wildman–Crippen MR) is 127 cm³/mol. The van der Waals surface area contributed by atoms with Gasteiger partial charge in [-0.2, -0.15) is 4.37 Å². The van der Waals surface area contributed by atoms with Crippen LogP contribution in [0.1, 0.15) is 35.0 Å². The zero-order valence-electron chi connectivity index (χ0n) is 18.6. The van der Waals surface area contributed by atoms with Crippen LogP contribution in [-0.2, 0) is 6.42 Å². The average molecular weight is 436 g/mol. The molecule has 1 aliphatic rings. The van der Waals surface area contributed by atoms with Crippen molar-refractivity contribution in [2.45, 2.75) is 40.2 Å². The first-order valence-corrected chi connectivity index (χ1v) is 11.4. The first kappa shape index (κ1) is 21.3. The Morgan fingerprint density at radius 3 is 2.65 bits per heavy atom. The number of hydrogen-bond acceptors (Lipinski definition) is 5. The van der Waals surface area contributed by atoms with Gasteiger partial charge in [-0.15, -0.1) is 0 Å². The standard InChI is InChI=1S/C24H29N5OS/c1-16-8-10-20(11-9-16)14-22-26-24(31-27-22)28-12-13-29(18(3)15-28)23(30)25-21-7-5-6-17(2)19(21)4/h5-11,18H,12-15H2,1-4H3,(H,25,30). The molecule has 1 N–H and O–H groups in total. The number of carbonyl (C=O) groups is 1. The van der Waals surface area contributed by atoms with E-state index >= 15 is 0 Å². The monoisotopic (exact) mass is 435 g/mol. The smallest absolute Gasteiger partial charge is 0.322 e. The summed E-state index contributed by atoms with van der Waals surface area (Å²) >= 11 is 1.44. The van der Waals surface area contributed by atoms with Crippen molar-refractivity contribution >= 4 is 28.4 Å². The van der Waals surface area contributed by atoms with Gasteiger partial charge in [-0.3, -0.25) is 0 Å². The number of benzene rings is 2. The first-order chi connectivity index (χ1) is 14.9. The summed E-state index contributed by atoms with van der Waals surface area (Å²) in [7, 11) is 0. The van der Waals surface area contributed by atoms with Gasteiger partial charge in [0.2, 0.25) is 5.13 Å². The molecule has 1 atom stereocenters. The zero-order valence-corrected chi connectivity index (χ0v) is 19.4. The fraction of sp³-hybridized carbons (Fsp3) is 0.375. The SMILES string of the molecule is Cc1ccc(Cc2nsc(N3CCN(C(=O)Nc4cccc(C)c4C)C(C)C3)n2)cc1. The third-order valence-electron chi connectivity index (χ3n) is 5.95. The van der Waals surface area contributed by atoms with Crippen molar-refractivity contribution in [1.29, 1.82) is 0 Å². The van der Waals surface area contributed by atoms with E-state index in [1.165, 1.54) is 28.2 Å². The van der Waals surface area contributed by atoms with Gasteiger partial charge >= 0.3 is 6.03 Å². The molecule has 2 aromatic carbocycles. The lowest BCUT2D eigenvalue weighted by Gasteiger charge is -2.39. The average Bonchev–Trinajstić information content (AvgIpc) is 3.21. The van der Waals surface area contributed by atoms with Crippen molar-refractivity contribution in [3.05, 3.63) is 70.5 Å². The van der Waals surface area contributed by atoms with E-state index in [1.807, 2.05) is 24.0 Å². The Bertz CT molecular complexity index is 1060. The van der Waals surface area contributed by atoms with Crippen molar-refractivity contribution in [1.82, 2.24) is 14.3 Å². The summed E-state index contributed by atoms with van der Waals surface area (Å²) in [5, 5.41) is 4.02. The van der Waals surface area contributed by atoms with Crippen molar-refractivity contribution in [2.75, 3.05) is 29.9 Å². The van der Waals surface area contributed by atoms with E-state index in [-0.39, 0.29) is 12.1 Å². The van der Waals surface area contributed by atoms with Crippen LogP contribution in [0.2, 0.25) is 0 Å². The summed E-state index contributed by atoms with van der Waals surface area (Å²) in [6.45, 7) is 10.4. The van der Waals surface area contributed by atoms with Crippen molar-refractivity contribution in [2.24, 2.45) is 0 Å². The zero-order chi connectivity index (χ0) is 22.0. The molecule has 2 heterocycles. The molecule has 7 heteroatoms. The van der Waals surface area contributed by atoms with E-state index in [0.717, 1.165) is 41.7 Å². The maximum Gasteiger partial charge on any atom is 0.322 e. The molecule has 4 rings (SSSR count). The van der Waals surface area contributed by atoms with Gasteiger partial charge in [0.25, 0.3) is 0 Å². The number of anilines is 2. The van der Waals surface area contributed by atoms with Crippen LogP contribution in [-0.4, -0.2) is 46.0 Å². The van der Waals surface area contributed by atoms with Crippen LogP contribution in [0.4, 0.5) is 15.6 Å². The number of piperazine rings is 1. The molecule has 1 unspecified atom stereocenters. The lowest BCUT2D eigenvalue weighted by atomic mass is 10.1. The predicted octanol–water partition coefficient (Wildman–Crippen LogP) is 4.80. The second kappa shape index (κ2) is 9.06. The largest absolute Gasteiger partial charge is 0.343 e. The van der Waals surface area contributed by atoms with Gasteiger partial charge in [0, 0.05) is 49.3 Å². The van der Waals surface area contributed by atoms with Gasteiger partial charge in [-0.25, -0.2) is 9.78 Å². The van der Waals surface area contributed by atoms with Crippen LogP contribution in [0.3, 0.4) is 0 Å². The highest BCUT2D eigenvalue weighted by atomic mass is 32.1. The molecule has 31 heavy (non-hydrogen) atoms. The van der Waals surface area contributed by atoms with Crippen molar-refractivity contribution < 1.29 is 4.79 Å². The second-order valence-electron chi connectivity index (χ2n) is 8.32. The summed E-state index contributed by atoms with van der Waals surface area (Å²) in [6.07, 6.45) is 0.741. The van der Waals surface area contributed by atoms with Crippen molar-refractivity contribution in [3.8, 4) is 0 Å². The normalized spacial score (nSPS) is 16.5. The van der Waals surface area contributed by atoms with Crippen LogP contribution < -0.4 is 10.2 Å². The van der Waals surface area contributed by atoms with Gasteiger partial charge in [-0.05, 0) is 50.5 Å². The van der Waals surface area contributed by atoms with Crippen LogP contribution in [0.5, 0.6) is 0 Å². The summed E-state index contributed by atoms with van der Waals surface area (Å²) in [5.74, 6) is 0.853. The van der Waals surface area contributed by atoms with Crippen LogP contribution >= 0.6 is 11.5 Å². The third-order valence-corrected chi connectivity index (χ3v) is 6.76. The molecule has 1 saturated heterocycles. The summed E-state index contributed by atoms with van der Waals surface area (Å²) in [6, 6.07) is 14.5. The van der Waals surface area contributed by atoms with E-state index in [9.17, 15) is 4.79 Å². The molecule has 3 aromatic rings. The Kier molecular flexibility index (Phi) is 6.23. The Hall–Kier alpha value is -2.93. The number of rotatable bonds is 4. The maximum atomic E-state index is 12.9. The van der Waals surface area contributed by atoms with Gasteiger partial charge < -0.3 is 15.1 Å². The topological polar surface area (TPSA) is 61.4 Å². The van der Waals surface area contributed by atoms with E-state index in [4.69, 9.17) is 4.98 Å². The third kappa shape index (κ3) is 4.88. The van der Waals surface area contributed by atoms with Crippen LogP contribution in [0, 0.1) is 20.8 Å². The van der Waals surface area contributed by atoms with Crippen molar-refractivity contribution in [3.63, 3.8) is 0 Å². The lowest BCUT2D eigenvalue weighted by Crippen LogP contribution is -2.55. The number of nitrogens with zero attached hydrogens (tertiary/aromatic N) is 4. The molecule has 0 radical (unpaired) electrons. The Balaban J connectivity index is 1.37. The number of carbonyl (C=O) groups excluding carboxylic acids is 1. The van der Waals surface area contributed by atoms with Crippen LogP contribution in [0.15, 0.2) is 42.5 Å². The lowest BCUT2D eigenvalue weighted by molar-refractivity contribution is 0.185. The minimum Gasteiger partial charge on any atom is -0.343 e. The summed E-state index contributed by atoms with van der Waals surface area (Å²) < 4.78 is 4.56. The fourth-order valence-corrected chi connectivity index (χ4v) is 4.56. The highest BCUT2D eigenvalue weighted by Gasteiger charge is 2.29. The van der Waals surface area contributed by atoms with Gasteiger partial charge in [0.1, 0.15) is 5.82 Å². The highest BCUT2D eigenvalue weighted by molar-refractivity contribution is 7.09. The summed E-state index contributed by atoms with van der Waals surface area (Å²) in [4.78, 5) is 21.8. The molecular formula is C24H29N5OS. The minimum absolute atomic E-state index is 0.0434. The number of amides is 2. The van der Waals surface area contributed by atoms with Gasteiger partial charge in [0.05, 0.1) is 0 Å². The number of aryl methyl sites for hydroxylation is 2. The van der Waals surface area contributed by atoms with E-state index in [2.05, 4.69) is 65.7 Å². The van der Waals surface area contributed by atoms with Gasteiger partial charge in [0.15, 0.2) is 0 Å². The maximum absolute atomic E-state index is 12.9. The number of urea groups is 1.